The van der Waals surface area contributed by atoms with E-state index in [0.29, 0.717) is 16.9 Å². The van der Waals surface area contributed by atoms with E-state index in [2.05, 4.69) is 20.8 Å². The topological polar surface area (TPSA) is 29.5 Å². The molecule has 2 saturated carbocycles. The van der Waals surface area contributed by atoms with Crippen LogP contribution in [0.2, 0.25) is 0 Å². The summed E-state index contributed by atoms with van der Waals surface area (Å²) in [5.74, 6) is 2.03. The van der Waals surface area contributed by atoms with Gasteiger partial charge in [0.05, 0.1) is 12.2 Å². The minimum absolute atomic E-state index is 0.0254. The third kappa shape index (κ3) is 2.57. The molecular formula is C18H32O2S. The van der Waals surface area contributed by atoms with Crippen molar-refractivity contribution in [1.29, 1.82) is 0 Å². The van der Waals surface area contributed by atoms with Crippen molar-refractivity contribution in [3.8, 4) is 0 Å². The van der Waals surface area contributed by atoms with Crippen molar-refractivity contribution in [2.75, 3.05) is 5.75 Å². The van der Waals surface area contributed by atoms with Crippen LogP contribution in [-0.4, -0.2) is 28.5 Å². The third-order valence-corrected chi connectivity index (χ3v) is 8.26. The lowest BCUT2D eigenvalue weighted by molar-refractivity contribution is -0.0994. The van der Waals surface area contributed by atoms with Crippen LogP contribution in [0.15, 0.2) is 0 Å². The number of ether oxygens (including phenoxy) is 1. The minimum atomic E-state index is -0.272. The Bertz CT molecular complexity index is 370. The number of thioether (sulfide) groups is 1. The van der Waals surface area contributed by atoms with Crippen molar-refractivity contribution < 1.29 is 9.84 Å². The number of aliphatic hydroxyl groups excluding tert-OH is 1. The average molecular weight is 313 g/mol. The molecule has 3 heteroatoms. The summed E-state index contributed by atoms with van der Waals surface area (Å²) in [7, 11) is 0. The van der Waals surface area contributed by atoms with Crippen LogP contribution in [0.1, 0.15) is 72.1 Å². The molecule has 0 aromatic carbocycles. The Hall–Kier alpha value is 0.270. The SMILES string of the molecule is CCCCCC[C@@H](O)[C@@H]1O[C@@H]2C[C@H]3CC[C@]2(CS1)C3(C)C. The summed E-state index contributed by atoms with van der Waals surface area (Å²) in [6.07, 6.45) is 9.91. The molecule has 2 aliphatic carbocycles. The second-order valence-electron chi connectivity index (χ2n) is 8.07. The van der Waals surface area contributed by atoms with Gasteiger partial charge in [0.2, 0.25) is 0 Å². The highest BCUT2D eigenvalue weighted by Gasteiger charge is 2.66. The maximum Gasteiger partial charge on any atom is 0.129 e. The molecule has 2 bridgehead atoms. The fraction of sp³-hybridized carbons (Fsp3) is 1.00. The van der Waals surface area contributed by atoms with Crippen molar-refractivity contribution in [2.45, 2.75) is 89.8 Å². The van der Waals surface area contributed by atoms with E-state index in [-0.39, 0.29) is 11.5 Å². The smallest absolute Gasteiger partial charge is 0.129 e. The molecular weight excluding hydrogens is 280 g/mol. The van der Waals surface area contributed by atoms with Crippen molar-refractivity contribution in [3.05, 3.63) is 0 Å². The second kappa shape index (κ2) is 6.05. The standard InChI is InChI=1S/C18H32O2S/c1-4-5-6-7-8-14(19)16-20-15-11-13-9-10-18(15,12-21-16)17(13,2)3/h13-16,19H,4-12H2,1-3H3/t13-,14-,15-,16-,18-/m1/s1. The first kappa shape index (κ1) is 16.1. The largest absolute Gasteiger partial charge is 0.390 e. The highest BCUT2D eigenvalue weighted by Crippen LogP contribution is 2.69. The van der Waals surface area contributed by atoms with Crippen LogP contribution in [0, 0.1) is 16.7 Å². The number of unbranched alkanes of at least 4 members (excludes halogenated alkanes) is 3. The maximum atomic E-state index is 10.4. The van der Waals surface area contributed by atoms with Gasteiger partial charge in [0, 0.05) is 11.2 Å². The van der Waals surface area contributed by atoms with Gasteiger partial charge < -0.3 is 9.84 Å². The molecule has 3 rings (SSSR count). The van der Waals surface area contributed by atoms with Crippen LogP contribution in [0.4, 0.5) is 0 Å². The molecule has 0 unspecified atom stereocenters. The summed E-state index contributed by atoms with van der Waals surface area (Å²) in [5, 5.41) is 10.4. The first-order valence-electron chi connectivity index (χ1n) is 8.96. The fourth-order valence-corrected chi connectivity index (χ4v) is 6.82. The Morgan fingerprint density at radius 3 is 2.81 bits per heavy atom. The molecule has 0 radical (unpaired) electrons. The summed E-state index contributed by atoms with van der Waals surface area (Å²) in [4.78, 5) is 0. The Kier molecular flexibility index (Phi) is 4.65. The zero-order valence-electron chi connectivity index (χ0n) is 13.9. The summed E-state index contributed by atoms with van der Waals surface area (Å²) in [6, 6.07) is 0. The van der Waals surface area contributed by atoms with Gasteiger partial charge in [-0.25, -0.2) is 0 Å². The number of hydrogen-bond acceptors (Lipinski definition) is 3. The van der Waals surface area contributed by atoms with Gasteiger partial charge >= 0.3 is 0 Å². The van der Waals surface area contributed by atoms with Gasteiger partial charge in [-0.15, -0.1) is 11.8 Å². The Morgan fingerprint density at radius 1 is 1.29 bits per heavy atom. The quantitative estimate of drug-likeness (QED) is 0.727. The lowest BCUT2D eigenvalue weighted by Crippen LogP contribution is -2.49. The lowest BCUT2D eigenvalue weighted by atomic mass is 9.69. The predicted octanol–water partition coefficient (Wildman–Crippen LogP) is 4.60. The van der Waals surface area contributed by atoms with Crippen molar-refractivity contribution >= 4 is 11.8 Å². The number of fused-ring (bicyclic) bond motifs is 1. The Labute approximate surface area is 134 Å². The van der Waals surface area contributed by atoms with E-state index in [9.17, 15) is 5.11 Å². The predicted molar refractivity (Wildman–Crippen MR) is 89.4 cm³/mol. The first-order chi connectivity index (χ1) is 10.0. The highest BCUT2D eigenvalue weighted by molar-refractivity contribution is 7.99. The van der Waals surface area contributed by atoms with Crippen LogP contribution in [0.25, 0.3) is 0 Å². The molecule has 1 spiro atoms. The van der Waals surface area contributed by atoms with Crippen molar-refractivity contribution in [3.63, 3.8) is 0 Å². The number of hydrogen-bond donors (Lipinski definition) is 1. The normalized spacial score (nSPS) is 42.0. The lowest BCUT2D eigenvalue weighted by Gasteiger charge is -2.48. The average Bonchev–Trinajstić information content (AvgIpc) is 2.85. The molecule has 1 aliphatic heterocycles. The molecule has 1 heterocycles. The van der Waals surface area contributed by atoms with E-state index in [1.165, 1.54) is 44.3 Å². The molecule has 3 aliphatic rings. The zero-order chi connectivity index (χ0) is 15.1. The van der Waals surface area contributed by atoms with E-state index in [4.69, 9.17) is 4.74 Å². The van der Waals surface area contributed by atoms with E-state index < -0.39 is 0 Å². The molecule has 1 N–H and O–H groups in total. The van der Waals surface area contributed by atoms with Crippen LogP contribution >= 0.6 is 11.8 Å². The van der Waals surface area contributed by atoms with E-state index in [1.807, 2.05) is 11.8 Å². The molecule has 2 nitrogen and oxygen atoms in total. The summed E-state index contributed by atoms with van der Waals surface area (Å²) < 4.78 is 6.40. The molecule has 21 heavy (non-hydrogen) atoms. The van der Waals surface area contributed by atoms with Gasteiger partial charge in [-0.1, -0.05) is 46.5 Å². The Morgan fingerprint density at radius 2 is 2.10 bits per heavy atom. The second-order valence-corrected chi connectivity index (χ2v) is 9.16. The fourth-order valence-electron chi connectivity index (χ4n) is 5.08. The van der Waals surface area contributed by atoms with Crippen LogP contribution in [-0.2, 0) is 4.74 Å². The van der Waals surface area contributed by atoms with Gasteiger partial charge in [-0.3, -0.25) is 0 Å². The van der Waals surface area contributed by atoms with Gasteiger partial charge in [0.25, 0.3) is 0 Å². The summed E-state index contributed by atoms with van der Waals surface area (Å²) in [5.41, 5.74) is 0.847. The minimum Gasteiger partial charge on any atom is -0.390 e. The number of rotatable bonds is 6. The van der Waals surface area contributed by atoms with Gasteiger partial charge in [0.1, 0.15) is 5.44 Å². The van der Waals surface area contributed by atoms with Crippen LogP contribution < -0.4 is 0 Å². The summed E-state index contributed by atoms with van der Waals surface area (Å²) in [6.45, 7) is 7.14. The van der Waals surface area contributed by atoms with Gasteiger partial charge in [0.15, 0.2) is 0 Å². The molecule has 0 amide bonds. The monoisotopic (exact) mass is 312 g/mol. The molecule has 122 valence electrons. The van der Waals surface area contributed by atoms with E-state index in [1.54, 1.807) is 0 Å². The van der Waals surface area contributed by atoms with Crippen LogP contribution in [0.3, 0.4) is 0 Å². The zero-order valence-corrected chi connectivity index (χ0v) is 14.8. The summed E-state index contributed by atoms with van der Waals surface area (Å²) >= 11 is 1.89. The Balaban J connectivity index is 1.55. The maximum absolute atomic E-state index is 10.4. The first-order valence-corrected chi connectivity index (χ1v) is 10.0. The third-order valence-electron chi connectivity index (χ3n) is 6.83. The molecule has 0 aromatic rings. The molecule has 3 fully saturated rings. The molecule has 1 saturated heterocycles. The number of aliphatic hydroxyl groups is 1. The molecule has 5 atom stereocenters. The van der Waals surface area contributed by atoms with Crippen LogP contribution in [0.5, 0.6) is 0 Å². The highest BCUT2D eigenvalue weighted by atomic mass is 32.2. The van der Waals surface area contributed by atoms with E-state index >= 15 is 0 Å². The van der Waals surface area contributed by atoms with Crippen molar-refractivity contribution in [1.82, 2.24) is 0 Å². The van der Waals surface area contributed by atoms with Crippen molar-refractivity contribution in [2.24, 2.45) is 16.7 Å². The molecule has 0 aromatic heterocycles. The van der Waals surface area contributed by atoms with Gasteiger partial charge in [-0.2, -0.15) is 0 Å². The van der Waals surface area contributed by atoms with Gasteiger partial charge in [-0.05, 0) is 37.0 Å². The van der Waals surface area contributed by atoms with E-state index in [0.717, 1.165) is 18.8 Å².